The molecule has 0 heterocycles. The second-order valence-electron chi connectivity index (χ2n) is 8.24. The first-order chi connectivity index (χ1) is 14.6. The highest BCUT2D eigenvalue weighted by Crippen LogP contribution is 2.11. The zero-order valence-corrected chi connectivity index (χ0v) is 19.0. The lowest BCUT2D eigenvalue weighted by Gasteiger charge is -2.21. The van der Waals surface area contributed by atoms with Gasteiger partial charge in [0.05, 0.1) is 6.10 Å². The number of nitrogens with one attached hydrogen (secondary N) is 2. The molecule has 0 aliphatic rings. The van der Waals surface area contributed by atoms with Crippen molar-refractivity contribution >= 4 is 11.8 Å². The predicted octanol–water partition coefficient (Wildman–Crippen LogP) is 4.98. The number of aliphatic hydroxyl groups excluding tert-OH is 1. The molecule has 0 unspecified atom stereocenters. The zero-order valence-electron chi connectivity index (χ0n) is 19.0. The summed E-state index contributed by atoms with van der Waals surface area (Å²) in [7, 11) is 0. The first kappa shape index (κ1) is 26.2. The van der Waals surface area contributed by atoms with Gasteiger partial charge in [0.2, 0.25) is 5.91 Å². The Labute approximate surface area is 183 Å². The summed E-state index contributed by atoms with van der Waals surface area (Å²) in [6.45, 7) is 4.33. The highest BCUT2D eigenvalue weighted by atomic mass is 16.3. The second kappa shape index (κ2) is 16.9. The van der Waals surface area contributed by atoms with E-state index in [0.29, 0.717) is 12.1 Å². The van der Waals surface area contributed by atoms with Crippen molar-refractivity contribution in [2.45, 2.75) is 103 Å². The lowest BCUT2D eigenvalue weighted by atomic mass is 10.1. The number of aliphatic hydroxyl groups is 1. The molecule has 5 nitrogen and oxygen atoms in total. The number of unbranched alkanes of at least 4 members (excludes halogenated alkanes) is 11. The van der Waals surface area contributed by atoms with E-state index in [1.807, 2.05) is 6.07 Å². The van der Waals surface area contributed by atoms with E-state index in [0.717, 1.165) is 12.8 Å². The zero-order chi connectivity index (χ0) is 22.0. The summed E-state index contributed by atoms with van der Waals surface area (Å²) in [5.41, 5.74) is 0.469. The largest absolute Gasteiger partial charge is 0.391 e. The van der Waals surface area contributed by atoms with E-state index in [1.54, 1.807) is 24.3 Å². The average Bonchev–Trinajstić information content (AvgIpc) is 2.75. The van der Waals surface area contributed by atoms with Crippen LogP contribution in [0.2, 0.25) is 0 Å². The standard InChI is InChI=1S/C25H42N2O3/c1-3-4-5-6-7-8-9-10-11-12-13-17-20-26-25(30)23(21(2)28)27-24(29)22-18-15-14-16-19-22/h14-16,18-19,21,23,28H,3-13,17,20H2,1-2H3,(H,26,30)(H,27,29)/t21-,23+/m1/s1. The van der Waals surface area contributed by atoms with Crippen LogP contribution in [0.25, 0.3) is 0 Å². The van der Waals surface area contributed by atoms with Crippen molar-refractivity contribution in [2.24, 2.45) is 0 Å². The van der Waals surface area contributed by atoms with Crippen LogP contribution in [-0.4, -0.2) is 35.6 Å². The molecule has 0 aliphatic heterocycles. The van der Waals surface area contributed by atoms with Gasteiger partial charge in [0.1, 0.15) is 6.04 Å². The van der Waals surface area contributed by atoms with E-state index in [4.69, 9.17) is 0 Å². The lowest BCUT2D eigenvalue weighted by Crippen LogP contribution is -2.52. The van der Waals surface area contributed by atoms with Gasteiger partial charge in [0, 0.05) is 12.1 Å². The maximum atomic E-state index is 12.4. The van der Waals surface area contributed by atoms with E-state index >= 15 is 0 Å². The fraction of sp³-hybridized carbons (Fsp3) is 0.680. The third-order valence-electron chi connectivity index (χ3n) is 5.42. The summed E-state index contributed by atoms with van der Waals surface area (Å²) < 4.78 is 0. The fourth-order valence-corrected chi connectivity index (χ4v) is 3.51. The third-order valence-corrected chi connectivity index (χ3v) is 5.42. The van der Waals surface area contributed by atoms with E-state index < -0.39 is 12.1 Å². The molecule has 0 saturated heterocycles. The number of carbonyl (C=O) groups excluding carboxylic acids is 2. The molecule has 0 aromatic heterocycles. The van der Waals surface area contributed by atoms with Crippen molar-refractivity contribution in [3.05, 3.63) is 35.9 Å². The molecule has 2 atom stereocenters. The molecule has 0 fully saturated rings. The van der Waals surface area contributed by atoms with Gasteiger partial charge in [0.15, 0.2) is 0 Å². The summed E-state index contributed by atoms with van der Waals surface area (Å²) in [6.07, 6.45) is 14.3. The van der Waals surface area contributed by atoms with Crippen LogP contribution in [0.5, 0.6) is 0 Å². The van der Waals surface area contributed by atoms with Gasteiger partial charge in [-0.05, 0) is 25.5 Å². The van der Waals surface area contributed by atoms with Gasteiger partial charge in [-0.15, -0.1) is 0 Å². The quantitative estimate of drug-likeness (QED) is 0.312. The van der Waals surface area contributed by atoms with Crippen LogP contribution in [0.15, 0.2) is 30.3 Å². The van der Waals surface area contributed by atoms with Crippen LogP contribution in [-0.2, 0) is 4.79 Å². The van der Waals surface area contributed by atoms with Gasteiger partial charge in [-0.3, -0.25) is 9.59 Å². The molecule has 5 heteroatoms. The smallest absolute Gasteiger partial charge is 0.252 e. The summed E-state index contributed by atoms with van der Waals surface area (Å²) in [4.78, 5) is 24.6. The monoisotopic (exact) mass is 418 g/mol. The van der Waals surface area contributed by atoms with Gasteiger partial charge in [-0.25, -0.2) is 0 Å². The Morgan fingerprint density at radius 3 is 1.83 bits per heavy atom. The number of carbonyl (C=O) groups is 2. The Morgan fingerprint density at radius 1 is 0.833 bits per heavy atom. The first-order valence-corrected chi connectivity index (χ1v) is 11.9. The molecule has 170 valence electrons. The number of rotatable bonds is 17. The first-order valence-electron chi connectivity index (χ1n) is 11.9. The molecule has 1 aromatic rings. The van der Waals surface area contributed by atoms with Crippen molar-refractivity contribution in [3.63, 3.8) is 0 Å². The molecule has 0 bridgehead atoms. The summed E-state index contributed by atoms with van der Waals surface area (Å²) in [6, 6.07) is 7.76. The molecule has 0 aliphatic carbocycles. The van der Waals surface area contributed by atoms with Gasteiger partial charge in [-0.1, -0.05) is 95.8 Å². The van der Waals surface area contributed by atoms with E-state index in [-0.39, 0.29) is 11.8 Å². The van der Waals surface area contributed by atoms with Crippen LogP contribution in [0, 0.1) is 0 Å². The topological polar surface area (TPSA) is 78.4 Å². The van der Waals surface area contributed by atoms with Crippen molar-refractivity contribution in [1.82, 2.24) is 10.6 Å². The molecular weight excluding hydrogens is 376 g/mol. The van der Waals surface area contributed by atoms with E-state index in [2.05, 4.69) is 17.6 Å². The third kappa shape index (κ3) is 12.0. The molecule has 0 spiro atoms. The summed E-state index contributed by atoms with van der Waals surface area (Å²) in [5, 5.41) is 15.4. The second-order valence-corrected chi connectivity index (χ2v) is 8.24. The Balaban J connectivity index is 2.10. The maximum Gasteiger partial charge on any atom is 0.252 e. The SMILES string of the molecule is CCCCCCCCCCCCCCNC(=O)[C@@H](NC(=O)c1ccccc1)[C@@H](C)O. The van der Waals surface area contributed by atoms with Crippen molar-refractivity contribution in [3.8, 4) is 0 Å². The number of amides is 2. The Morgan fingerprint density at radius 2 is 1.33 bits per heavy atom. The van der Waals surface area contributed by atoms with Crippen LogP contribution < -0.4 is 10.6 Å². The van der Waals surface area contributed by atoms with Crippen molar-refractivity contribution in [1.29, 1.82) is 0 Å². The minimum Gasteiger partial charge on any atom is -0.391 e. The number of hydrogen-bond donors (Lipinski definition) is 3. The molecule has 2 amide bonds. The van der Waals surface area contributed by atoms with Crippen molar-refractivity contribution < 1.29 is 14.7 Å². The van der Waals surface area contributed by atoms with Crippen molar-refractivity contribution in [2.75, 3.05) is 6.54 Å². The predicted molar refractivity (Wildman–Crippen MR) is 123 cm³/mol. The normalized spacial score (nSPS) is 12.9. The van der Waals surface area contributed by atoms with E-state index in [9.17, 15) is 14.7 Å². The summed E-state index contributed by atoms with van der Waals surface area (Å²) >= 11 is 0. The van der Waals surface area contributed by atoms with Gasteiger partial charge >= 0.3 is 0 Å². The Hall–Kier alpha value is -1.88. The van der Waals surface area contributed by atoms with E-state index in [1.165, 1.54) is 71.1 Å². The van der Waals surface area contributed by atoms with Crippen LogP contribution in [0.3, 0.4) is 0 Å². The molecule has 3 N–H and O–H groups in total. The minimum absolute atomic E-state index is 0.336. The number of hydrogen-bond acceptors (Lipinski definition) is 3. The van der Waals surface area contributed by atoms with Crippen LogP contribution in [0.4, 0.5) is 0 Å². The van der Waals surface area contributed by atoms with Crippen LogP contribution in [0.1, 0.15) is 101 Å². The highest BCUT2D eigenvalue weighted by molar-refractivity contribution is 5.97. The molecule has 1 rings (SSSR count). The summed E-state index contributed by atoms with van der Waals surface area (Å²) in [5.74, 6) is -0.695. The van der Waals surface area contributed by atoms with Gasteiger partial charge in [0.25, 0.3) is 5.91 Å². The van der Waals surface area contributed by atoms with Gasteiger partial charge < -0.3 is 15.7 Å². The minimum atomic E-state index is -0.959. The molecular formula is C25H42N2O3. The highest BCUT2D eigenvalue weighted by Gasteiger charge is 2.25. The molecule has 0 radical (unpaired) electrons. The Kier molecular flexibility index (Phi) is 14.7. The maximum absolute atomic E-state index is 12.4. The lowest BCUT2D eigenvalue weighted by molar-refractivity contribution is -0.125. The molecule has 30 heavy (non-hydrogen) atoms. The number of benzene rings is 1. The van der Waals surface area contributed by atoms with Crippen LogP contribution >= 0.6 is 0 Å². The molecule has 1 aromatic carbocycles. The van der Waals surface area contributed by atoms with Gasteiger partial charge in [-0.2, -0.15) is 0 Å². The fourth-order valence-electron chi connectivity index (χ4n) is 3.51. The molecule has 0 saturated carbocycles. The Bertz CT molecular complexity index is 575. The average molecular weight is 419 g/mol.